The number of aromatic nitrogens is 1. The Bertz CT molecular complexity index is 524. The molecule has 0 aliphatic rings. The SMILES string of the molecule is CNC(C#N)c1c[nH]c2cc(Br)ccc12. The molecule has 1 aromatic heterocycles. The third kappa shape index (κ3) is 1.76. The predicted octanol–water partition coefficient (Wildman–Crippen LogP) is 2.71. The van der Waals surface area contributed by atoms with Gasteiger partial charge in [-0.2, -0.15) is 5.26 Å². The van der Waals surface area contributed by atoms with Crippen LogP contribution in [0.15, 0.2) is 28.9 Å². The van der Waals surface area contributed by atoms with Gasteiger partial charge >= 0.3 is 0 Å². The maximum absolute atomic E-state index is 8.98. The van der Waals surface area contributed by atoms with Crippen LogP contribution in [0, 0.1) is 11.3 Å². The van der Waals surface area contributed by atoms with Crippen molar-refractivity contribution in [3.05, 3.63) is 34.4 Å². The zero-order chi connectivity index (χ0) is 10.8. The molecule has 0 saturated carbocycles. The Morgan fingerprint density at radius 3 is 3.00 bits per heavy atom. The van der Waals surface area contributed by atoms with Crippen LogP contribution in [-0.2, 0) is 0 Å². The van der Waals surface area contributed by atoms with Crippen LogP contribution in [0.1, 0.15) is 11.6 Å². The van der Waals surface area contributed by atoms with Gasteiger partial charge in [0.1, 0.15) is 6.04 Å². The number of H-pyrrole nitrogens is 1. The molecule has 2 rings (SSSR count). The molecule has 0 radical (unpaired) electrons. The Labute approximate surface area is 96.2 Å². The molecule has 4 heteroatoms. The monoisotopic (exact) mass is 263 g/mol. The molecule has 2 N–H and O–H groups in total. The molecule has 0 aliphatic carbocycles. The van der Waals surface area contributed by atoms with Crippen LogP contribution < -0.4 is 5.32 Å². The first-order chi connectivity index (χ1) is 7.26. The van der Waals surface area contributed by atoms with Crippen LogP contribution >= 0.6 is 15.9 Å². The van der Waals surface area contributed by atoms with E-state index in [1.165, 1.54) is 0 Å². The topological polar surface area (TPSA) is 51.6 Å². The summed E-state index contributed by atoms with van der Waals surface area (Å²) in [5.74, 6) is 0. The number of aromatic amines is 1. The first-order valence-electron chi connectivity index (χ1n) is 4.59. The molecule has 3 nitrogen and oxygen atoms in total. The van der Waals surface area contributed by atoms with E-state index in [-0.39, 0.29) is 6.04 Å². The number of hydrogen-bond acceptors (Lipinski definition) is 2. The third-order valence-electron chi connectivity index (χ3n) is 2.40. The maximum Gasteiger partial charge on any atom is 0.123 e. The number of nitriles is 1. The lowest BCUT2D eigenvalue weighted by Crippen LogP contribution is -2.13. The summed E-state index contributed by atoms with van der Waals surface area (Å²) in [5.41, 5.74) is 2.03. The van der Waals surface area contributed by atoms with Crippen molar-refractivity contribution >= 4 is 26.8 Å². The molecular weight excluding hydrogens is 254 g/mol. The maximum atomic E-state index is 8.98. The lowest BCUT2D eigenvalue weighted by molar-refractivity contribution is 0.732. The van der Waals surface area contributed by atoms with E-state index in [4.69, 9.17) is 5.26 Å². The average molecular weight is 264 g/mol. The first kappa shape index (κ1) is 10.2. The number of hydrogen-bond donors (Lipinski definition) is 2. The molecule has 0 bridgehead atoms. The molecule has 0 aliphatic heterocycles. The lowest BCUT2D eigenvalue weighted by Gasteiger charge is -2.05. The summed E-state index contributed by atoms with van der Waals surface area (Å²) in [7, 11) is 1.78. The van der Waals surface area contributed by atoms with E-state index >= 15 is 0 Å². The summed E-state index contributed by atoms with van der Waals surface area (Å²) >= 11 is 3.41. The second kappa shape index (κ2) is 4.05. The van der Waals surface area contributed by atoms with Crippen molar-refractivity contribution < 1.29 is 0 Å². The second-order valence-electron chi connectivity index (χ2n) is 3.28. The zero-order valence-electron chi connectivity index (χ0n) is 8.21. The lowest BCUT2D eigenvalue weighted by atomic mass is 10.1. The summed E-state index contributed by atoms with van der Waals surface area (Å²) in [5, 5.41) is 13.0. The van der Waals surface area contributed by atoms with E-state index in [2.05, 4.69) is 32.3 Å². The standard InChI is InChI=1S/C11H10BrN3/c1-14-11(5-13)9-6-15-10-4-7(12)2-3-8(9)10/h2-4,6,11,14-15H,1H3. The van der Waals surface area contributed by atoms with Gasteiger partial charge in [0.2, 0.25) is 0 Å². The normalized spacial score (nSPS) is 12.6. The number of halogens is 1. The summed E-state index contributed by atoms with van der Waals surface area (Å²) < 4.78 is 1.03. The molecule has 0 saturated heterocycles. The minimum absolute atomic E-state index is 0.264. The molecule has 2 aromatic rings. The predicted molar refractivity (Wildman–Crippen MR) is 63.4 cm³/mol. The van der Waals surface area contributed by atoms with Gasteiger partial charge in [-0.3, -0.25) is 0 Å². The van der Waals surface area contributed by atoms with Crippen LogP contribution in [0.4, 0.5) is 0 Å². The first-order valence-corrected chi connectivity index (χ1v) is 5.39. The van der Waals surface area contributed by atoms with E-state index in [0.717, 1.165) is 20.9 Å². The highest BCUT2D eigenvalue weighted by molar-refractivity contribution is 9.10. The van der Waals surface area contributed by atoms with E-state index in [1.54, 1.807) is 7.05 Å². The molecule has 1 heterocycles. The highest BCUT2D eigenvalue weighted by Gasteiger charge is 2.12. The Morgan fingerprint density at radius 2 is 2.33 bits per heavy atom. The van der Waals surface area contributed by atoms with Crippen LogP contribution in [0.5, 0.6) is 0 Å². The highest BCUT2D eigenvalue weighted by Crippen LogP contribution is 2.26. The molecule has 0 amide bonds. The number of fused-ring (bicyclic) bond motifs is 1. The van der Waals surface area contributed by atoms with Crippen LogP contribution in [0.2, 0.25) is 0 Å². The van der Waals surface area contributed by atoms with Crippen molar-refractivity contribution in [1.82, 2.24) is 10.3 Å². The summed E-state index contributed by atoms with van der Waals surface area (Å²) in [6.45, 7) is 0. The minimum Gasteiger partial charge on any atom is -0.361 e. The molecule has 15 heavy (non-hydrogen) atoms. The Morgan fingerprint density at radius 1 is 1.53 bits per heavy atom. The molecule has 1 unspecified atom stereocenters. The second-order valence-corrected chi connectivity index (χ2v) is 4.20. The van der Waals surface area contributed by atoms with Gasteiger partial charge in [0.05, 0.1) is 6.07 Å². The van der Waals surface area contributed by atoms with E-state index in [1.807, 2.05) is 24.4 Å². The summed E-state index contributed by atoms with van der Waals surface area (Å²) in [6.07, 6.45) is 1.88. The Hall–Kier alpha value is -1.31. The van der Waals surface area contributed by atoms with Crippen LogP contribution in [0.3, 0.4) is 0 Å². The van der Waals surface area contributed by atoms with Crippen molar-refractivity contribution in [3.63, 3.8) is 0 Å². The molecule has 1 atom stereocenters. The van der Waals surface area contributed by atoms with Crippen LogP contribution in [-0.4, -0.2) is 12.0 Å². The van der Waals surface area contributed by atoms with E-state index in [9.17, 15) is 0 Å². The van der Waals surface area contributed by atoms with Crippen molar-refractivity contribution in [2.45, 2.75) is 6.04 Å². The average Bonchev–Trinajstić information content (AvgIpc) is 2.63. The van der Waals surface area contributed by atoms with Crippen LogP contribution in [0.25, 0.3) is 10.9 Å². The molecular formula is C11H10BrN3. The quantitative estimate of drug-likeness (QED) is 0.876. The molecule has 76 valence electrons. The van der Waals surface area contributed by atoms with E-state index in [0.29, 0.717) is 0 Å². The molecule has 1 aromatic carbocycles. The fraction of sp³-hybridized carbons (Fsp3) is 0.182. The smallest absolute Gasteiger partial charge is 0.123 e. The number of nitrogens with zero attached hydrogens (tertiary/aromatic N) is 1. The van der Waals surface area contributed by atoms with Gasteiger partial charge < -0.3 is 10.3 Å². The van der Waals surface area contributed by atoms with Gasteiger partial charge in [-0.1, -0.05) is 22.0 Å². The van der Waals surface area contributed by atoms with Crippen molar-refractivity contribution in [3.8, 4) is 6.07 Å². The van der Waals surface area contributed by atoms with Crippen molar-refractivity contribution in [1.29, 1.82) is 5.26 Å². The van der Waals surface area contributed by atoms with Gasteiger partial charge in [0.15, 0.2) is 0 Å². The Balaban J connectivity index is 2.59. The van der Waals surface area contributed by atoms with E-state index < -0.39 is 0 Å². The zero-order valence-corrected chi connectivity index (χ0v) is 9.80. The van der Waals surface area contributed by atoms with Gasteiger partial charge in [-0.05, 0) is 19.2 Å². The molecule has 0 fully saturated rings. The third-order valence-corrected chi connectivity index (χ3v) is 2.90. The molecule has 0 spiro atoms. The largest absolute Gasteiger partial charge is 0.361 e. The fourth-order valence-electron chi connectivity index (χ4n) is 1.65. The summed E-state index contributed by atoms with van der Waals surface area (Å²) in [6, 6.07) is 7.94. The van der Waals surface area contributed by atoms with Crippen molar-refractivity contribution in [2.24, 2.45) is 0 Å². The number of nitrogens with one attached hydrogen (secondary N) is 2. The van der Waals surface area contributed by atoms with Crippen molar-refractivity contribution in [2.75, 3.05) is 7.05 Å². The minimum atomic E-state index is -0.264. The fourth-order valence-corrected chi connectivity index (χ4v) is 2.01. The van der Waals surface area contributed by atoms with Gasteiger partial charge in [-0.25, -0.2) is 0 Å². The Kier molecular flexibility index (Phi) is 2.76. The number of rotatable bonds is 2. The number of benzene rings is 1. The van der Waals surface area contributed by atoms with Gasteiger partial charge in [0, 0.05) is 27.1 Å². The van der Waals surface area contributed by atoms with Gasteiger partial charge in [-0.15, -0.1) is 0 Å². The highest BCUT2D eigenvalue weighted by atomic mass is 79.9. The van der Waals surface area contributed by atoms with Gasteiger partial charge in [0.25, 0.3) is 0 Å². The summed E-state index contributed by atoms with van der Waals surface area (Å²) in [4.78, 5) is 3.16.